The second-order valence-corrected chi connectivity index (χ2v) is 6.24. The predicted molar refractivity (Wildman–Crippen MR) is 94.8 cm³/mol. The van der Waals surface area contributed by atoms with Crippen molar-refractivity contribution in [2.75, 3.05) is 6.54 Å². The summed E-state index contributed by atoms with van der Waals surface area (Å²) < 4.78 is 1.75. The van der Waals surface area contributed by atoms with Crippen LogP contribution in [0.3, 0.4) is 0 Å². The number of halogens is 1. The summed E-state index contributed by atoms with van der Waals surface area (Å²) in [7, 11) is 0. The van der Waals surface area contributed by atoms with Crippen LogP contribution < -0.4 is 5.32 Å². The minimum Gasteiger partial charge on any atom is -0.351 e. The van der Waals surface area contributed by atoms with Crippen LogP contribution in [0.25, 0.3) is 11.0 Å². The van der Waals surface area contributed by atoms with Crippen LogP contribution in [-0.2, 0) is 11.2 Å². The Bertz CT molecular complexity index is 937. The van der Waals surface area contributed by atoms with Gasteiger partial charge in [0.2, 0.25) is 0 Å². The molecule has 5 nitrogen and oxygen atoms in total. The molecular formula is C17H13ClN4OS. The summed E-state index contributed by atoms with van der Waals surface area (Å²) in [4.78, 5) is 17.1. The molecule has 1 N–H and O–H groups in total. The number of carbonyl (C=O) groups is 1. The van der Waals surface area contributed by atoms with Gasteiger partial charge >= 0.3 is 0 Å². The average molecular weight is 357 g/mol. The van der Waals surface area contributed by atoms with Crippen molar-refractivity contribution >= 4 is 39.9 Å². The fourth-order valence-corrected chi connectivity index (χ4v) is 3.25. The van der Waals surface area contributed by atoms with Crippen LogP contribution >= 0.6 is 22.9 Å². The zero-order valence-corrected chi connectivity index (χ0v) is 14.1. The molecular weight excluding hydrogens is 344 g/mol. The van der Waals surface area contributed by atoms with Gasteiger partial charge in [0.1, 0.15) is 11.6 Å². The summed E-state index contributed by atoms with van der Waals surface area (Å²) in [5, 5.41) is 14.2. The molecule has 3 rings (SSSR count). The van der Waals surface area contributed by atoms with E-state index in [1.165, 1.54) is 17.4 Å². The molecule has 1 aromatic carbocycles. The first kappa shape index (κ1) is 16.2. The summed E-state index contributed by atoms with van der Waals surface area (Å²) in [6.45, 7) is 0.454. The summed E-state index contributed by atoms with van der Waals surface area (Å²) in [6.07, 6.45) is 3.97. The van der Waals surface area contributed by atoms with Gasteiger partial charge in [-0.25, -0.2) is 4.98 Å². The maximum absolute atomic E-state index is 12.2. The van der Waals surface area contributed by atoms with E-state index in [9.17, 15) is 10.1 Å². The highest BCUT2D eigenvalue weighted by Crippen LogP contribution is 2.23. The molecule has 1 amide bonds. The van der Waals surface area contributed by atoms with Gasteiger partial charge in [0, 0.05) is 18.1 Å². The van der Waals surface area contributed by atoms with Gasteiger partial charge in [-0.1, -0.05) is 41.9 Å². The van der Waals surface area contributed by atoms with Gasteiger partial charge < -0.3 is 5.32 Å². The standard InChI is InChI=1S/C17H13ClN4OS/c18-15-14(22-8-9-24-17(22)21-15)10-13(11-19)16(23)20-7-6-12-4-2-1-3-5-12/h1-5,8-10H,6-7H2,(H,20,23)/b13-10+. The lowest BCUT2D eigenvalue weighted by atomic mass is 10.1. The molecule has 0 atom stereocenters. The Balaban J connectivity index is 1.71. The third-order valence-electron chi connectivity index (χ3n) is 3.44. The van der Waals surface area contributed by atoms with E-state index in [0.717, 1.165) is 5.56 Å². The van der Waals surface area contributed by atoms with Gasteiger partial charge in [-0.15, -0.1) is 11.3 Å². The van der Waals surface area contributed by atoms with Crippen molar-refractivity contribution in [1.82, 2.24) is 14.7 Å². The van der Waals surface area contributed by atoms with Crippen LogP contribution in [0.15, 0.2) is 47.5 Å². The van der Waals surface area contributed by atoms with E-state index in [-0.39, 0.29) is 10.7 Å². The topological polar surface area (TPSA) is 70.2 Å². The summed E-state index contributed by atoms with van der Waals surface area (Å²) in [6, 6.07) is 11.8. The quantitative estimate of drug-likeness (QED) is 0.563. The first-order chi connectivity index (χ1) is 11.7. The lowest BCUT2D eigenvalue weighted by Crippen LogP contribution is -2.26. The number of aromatic nitrogens is 2. The van der Waals surface area contributed by atoms with Crippen LogP contribution in [0.2, 0.25) is 5.15 Å². The Morgan fingerprint density at radius 3 is 2.96 bits per heavy atom. The van der Waals surface area contributed by atoms with Crippen molar-refractivity contribution in [3.63, 3.8) is 0 Å². The fraction of sp³-hybridized carbons (Fsp3) is 0.118. The van der Waals surface area contributed by atoms with Crippen molar-refractivity contribution in [2.45, 2.75) is 6.42 Å². The van der Waals surface area contributed by atoms with Crippen LogP contribution in [0.5, 0.6) is 0 Å². The molecule has 0 saturated heterocycles. The molecule has 0 bridgehead atoms. The van der Waals surface area contributed by atoms with Gasteiger partial charge in [0.25, 0.3) is 5.91 Å². The number of nitrogens with zero attached hydrogens (tertiary/aromatic N) is 3. The van der Waals surface area contributed by atoms with Crippen LogP contribution in [0.4, 0.5) is 0 Å². The number of benzene rings is 1. The SMILES string of the molecule is N#C/C(=C\c1c(Cl)nc2sccn12)C(=O)NCCc1ccccc1. The van der Waals surface area contributed by atoms with Crippen LogP contribution in [0.1, 0.15) is 11.3 Å². The largest absolute Gasteiger partial charge is 0.351 e. The zero-order valence-electron chi connectivity index (χ0n) is 12.6. The van der Waals surface area contributed by atoms with E-state index in [1.54, 1.807) is 10.6 Å². The molecule has 0 aliphatic heterocycles. The summed E-state index contributed by atoms with van der Waals surface area (Å²) in [5.74, 6) is -0.422. The van der Waals surface area contributed by atoms with E-state index in [1.807, 2.05) is 41.8 Å². The van der Waals surface area contributed by atoms with Gasteiger partial charge in [0.15, 0.2) is 10.1 Å². The predicted octanol–water partition coefficient (Wildman–Crippen LogP) is 3.32. The van der Waals surface area contributed by atoms with Crippen molar-refractivity contribution in [1.29, 1.82) is 5.26 Å². The third-order valence-corrected chi connectivity index (χ3v) is 4.48. The van der Waals surface area contributed by atoms with Gasteiger partial charge in [-0.3, -0.25) is 9.20 Å². The second-order valence-electron chi connectivity index (χ2n) is 5.00. The maximum atomic E-state index is 12.2. The van der Waals surface area contributed by atoms with Gasteiger partial charge in [-0.05, 0) is 18.1 Å². The second kappa shape index (κ2) is 7.30. The average Bonchev–Trinajstić information content (AvgIpc) is 3.15. The number of fused-ring (bicyclic) bond motifs is 1. The van der Waals surface area contributed by atoms with E-state index in [2.05, 4.69) is 10.3 Å². The molecule has 0 aliphatic rings. The molecule has 0 saturated carbocycles. The molecule has 0 fully saturated rings. The molecule has 0 spiro atoms. The van der Waals surface area contributed by atoms with Crippen molar-refractivity contribution in [2.24, 2.45) is 0 Å². The lowest BCUT2D eigenvalue weighted by molar-refractivity contribution is -0.117. The monoisotopic (exact) mass is 356 g/mol. The van der Waals surface area contributed by atoms with E-state index in [4.69, 9.17) is 11.6 Å². The van der Waals surface area contributed by atoms with E-state index >= 15 is 0 Å². The molecule has 0 radical (unpaired) electrons. The van der Waals surface area contributed by atoms with Gasteiger partial charge in [0.05, 0.1) is 5.69 Å². The Kier molecular flexibility index (Phi) is 4.94. The molecule has 3 aromatic rings. The van der Waals surface area contributed by atoms with Crippen LogP contribution in [0, 0.1) is 11.3 Å². The Labute approximate surface area is 147 Å². The number of amides is 1. The minimum absolute atomic E-state index is 0.00189. The molecule has 24 heavy (non-hydrogen) atoms. The number of hydrogen-bond donors (Lipinski definition) is 1. The molecule has 7 heteroatoms. The number of thiazole rings is 1. The number of nitriles is 1. The molecule has 0 aliphatic carbocycles. The first-order valence-corrected chi connectivity index (χ1v) is 8.50. The Morgan fingerprint density at radius 1 is 1.42 bits per heavy atom. The number of carbonyl (C=O) groups excluding carboxylic acids is 1. The third kappa shape index (κ3) is 3.48. The Hall–Kier alpha value is -2.62. The van der Waals surface area contributed by atoms with Gasteiger partial charge in [-0.2, -0.15) is 5.26 Å². The molecule has 0 unspecified atom stereocenters. The minimum atomic E-state index is -0.422. The highest BCUT2D eigenvalue weighted by Gasteiger charge is 2.14. The smallest absolute Gasteiger partial charge is 0.262 e. The van der Waals surface area contributed by atoms with Crippen molar-refractivity contribution < 1.29 is 4.79 Å². The summed E-state index contributed by atoms with van der Waals surface area (Å²) >= 11 is 7.52. The molecule has 2 aromatic heterocycles. The van der Waals surface area contributed by atoms with Crippen molar-refractivity contribution in [3.05, 3.63) is 63.9 Å². The summed E-state index contributed by atoms with van der Waals surface area (Å²) in [5.41, 5.74) is 1.65. The molecule has 120 valence electrons. The number of rotatable bonds is 5. The fourth-order valence-electron chi connectivity index (χ4n) is 2.25. The lowest BCUT2D eigenvalue weighted by Gasteiger charge is -2.04. The normalized spacial score (nSPS) is 11.4. The Morgan fingerprint density at radius 2 is 2.21 bits per heavy atom. The highest BCUT2D eigenvalue weighted by molar-refractivity contribution is 7.15. The number of hydrogen-bond acceptors (Lipinski definition) is 4. The van der Waals surface area contributed by atoms with E-state index in [0.29, 0.717) is 23.6 Å². The van der Waals surface area contributed by atoms with Crippen molar-refractivity contribution in [3.8, 4) is 6.07 Å². The number of imidazole rings is 1. The maximum Gasteiger partial charge on any atom is 0.262 e. The number of nitrogens with one attached hydrogen (secondary N) is 1. The highest BCUT2D eigenvalue weighted by atomic mass is 35.5. The van der Waals surface area contributed by atoms with E-state index < -0.39 is 5.91 Å². The molecule has 2 heterocycles. The van der Waals surface area contributed by atoms with Crippen LogP contribution in [-0.4, -0.2) is 21.8 Å². The first-order valence-electron chi connectivity index (χ1n) is 7.24. The zero-order chi connectivity index (χ0) is 16.9.